The molecule has 0 aliphatic carbocycles. The highest BCUT2D eigenvalue weighted by Crippen LogP contribution is 2.22. The number of nitrogens with zero attached hydrogens (tertiary/aromatic N) is 1. The molecule has 0 bridgehead atoms. The van der Waals surface area contributed by atoms with Gasteiger partial charge in [0.25, 0.3) is 0 Å². The van der Waals surface area contributed by atoms with E-state index in [4.69, 9.17) is 9.47 Å². The lowest BCUT2D eigenvalue weighted by molar-refractivity contribution is -0.684. The third-order valence-electron chi connectivity index (χ3n) is 5.41. The molecule has 178 valence electrons. The Balaban J connectivity index is 2.32. The second-order valence-electron chi connectivity index (χ2n) is 8.16. The van der Waals surface area contributed by atoms with Crippen LogP contribution in [0.15, 0.2) is 66.5 Å². The second kappa shape index (κ2) is 15.8. The zero-order chi connectivity index (χ0) is 23.7. The van der Waals surface area contributed by atoms with Crippen LogP contribution in [0.2, 0.25) is 0 Å². The van der Waals surface area contributed by atoms with E-state index in [0.717, 1.165) is 56.9 Å². The number of aromatic nitrogens is 1. The summed E-state index contributed by atoms with van der Waals surface area (Å²) in [5.41, 5.74) is 1.39. The van der Waals surface area contributed by atoms with E-state index in [2.05, 4.69) is 13.8 Å². The molecule has 0 aliphatic heterocycles. The molecule has 0 fully saturated rings. The number of hydrogen-bond donors (Lipinski definition) is 0. The predicted molar refractivity (Wildman–Crippen MR) is 130 cm³/mol. The summed E-state index contributed by atoms with van der Waals surface area (Å²) < 4.78 is 13.0. The van der Waals surface area contributed by atoms with Gasteiger partial charge in [0.15, 0.2) is 24.5 Å². The third-order valence-corrected chi connectivity index (χ3v) is 5.41. The van der Waals surface area contributed by atoms with Gasteiger partial charge in [-0.25, -0.2) is 14.2 Å². The Hall–Kier alpha value is -2.95. The van der Waals surface area contributed by atoms with Crippen molar-refractivity contribution < 1.29 is 23.6 Å². The van der Waals surface area contributed by atoms with E-state index in [-0.39, 0.29) is 5.57 Å². The summed E-state index contributed by atoms with van der Waals surface area (Å²) in [6.45, 7) is 5.23. The lowest BCUT2D eigenvalue weighted by Gasteiger charge is -2.14. The molecule has 1 aromatic carbocycles. The molecule has 0 spiro atoms. The molecule has 2 rings (SSSR count). The zero-order valence-corrected chi connectivity index (χ0v) is 20.1. The van der Waals surface area contributed by atoms with Crippen molar-refractivity contribution in [2.24, 2.45) is 0 Å². The van der Waals surface area contributed by atoms with Gasteiger partial charge in [-0.05, 0) is 18.4 Å². The number of benzene rings is 1. The summed E-state index contributed by atoms with van der Waals surface area (Å²) >= 11 is 0. The minimum Gasteiger partial charge on any atom is -0.462 e. The maximum absolute atomic E-state index is 13.2. The molecular weight excluding hydrogens is 414 g/mol. The smallest absolute Gasteiger partial charge is 0.346 e. The lowest BCUT2D eigenvalue weighted by atomic mass is 9.99. The predicted octanol–water partition coefficient (Wildman–Crippen LogP) is 5.67. The average molecular weight is 453 g/mol. The van der Waals surface area contributed by atoms with Crippen molar-refractivity contribution in [1.29, 1.82) is 0 Å². The zero-order valence-electron chi connectivity index (χ0n) is 20.1. The van der Waals surface area contributed by atoms with Crippen molar-refractivity contribution in [2.45, 2.75) is 71.8 Å². The van der Waals surface area contributed by atoms with Crippen LogP contribution >= 0.6 is 0 Å². The van der Waals surface area contributed by atoms with E-state index in [1.807, 2.05) is 65.5 Å². The molecule has 0 amide bonds. The summed E-state index contributed by atoms with van der Waals surface area (Å²) in [4.78, 5) is 26.3. The van der Waals surface area contributed by atoms with Crippen LogP contribution in [-0.4, -0.2) is 25.2 Å². The van der Waals surface area contributed by atoms with Crippen LogP contribution in [0.1, 0.15) is 70.8 Å². The highest BCUT2D eigenvalue weighted by atomic mass is 16.6. The highest BCUT2D eigenvalue weighted by Gasteiger charge is 2.29. The van der Waals surface area contributed by atoms with Crippen LogP contribution in [-0.2, 0) is 25.6 Å². The number of pyridine rings is 1. The number of carbonyl (C=O) groups excluding carboxylic acids is 2. The fraction of sp³-hybridized carbons (Fsp3) is 0.464. The fourth-order valence-corrected chi connectivity index (χ4v) is 3.54. The molecule has 0 unspecified atom stereocenters. The number of unbranched alkanes of at least 4 members (excludes halogenated alkanes) is 6. The average Bonchev–Trinajstić information content (AvgIpc) is 2.84. The topological polar surface area (TPSA) is 56.5 Å². The molecule has 0 atom stereocenters. The van der Waals surface area contributed by atoms with Gasteiger partial charge in [-0.15, -0.1) is 0 Å². The molecule has 0 saturated heterocycles. The molecule has 0 radical (unpaired) electrons. The number of esters is 2. The third kappa shape index (κ3) is 9.60. The Morgan fingerprint density at radius 1 is 0.697 bits per heavy atom. The first-order valence-corrected chi connectivity index (χ1v) is 12.2. The fourth-order valence-electron chi connectivity index (χ4n) is 3.54. The Bertz CT molecular complexity index is 834. The molecule has 5 nitrogen and oxygen atoms in total. The van der Waals surface area contributed by atoms with Crippen LogP contribution in [0.4, 0.5) is 0 Å². The normalized spacial score (nSPS) is 10.5. The standard InChI is InChI=1S/C28H38NO4/c1-3-5-7-15-21-32-27(30)26(28(31)33-22-16-8-6-4-2)25(24-17-11-9-12-18-24)23-29-19-13-10-14-20-29/h9-14,17-20H,3-8,15-16,21-23H2,1-2H3/q+1. The molecule has 0 aliphatic rings. The largest absolute Gasteiger partial charge is 0.462 e. The van der Waals surface area contributed by atoms with Crippen LogP contribution in [0.5, 0.6) is 0 Å². The van der Waals surface area contributed by atoms with Crippen LogP contribution in [0, 0.1) is 0 Å². The van der Waals surface area contributed by atoms with Gasteiger partial charge in [0.05, 0.1) is 13.2 Å². The molecule has 1 aromatic heterocycles. The molecule has 1 heterocycles. The quantitative estimate of drug-likeness (QED) is 0.0872. The van der Waals surface area contributed by atoms with Gasteiger partial charge in [0.1, 0.15) is 0 Å². The van der Waals surface area contributed by atoms with E-state index in [0.29, 0.717) is 25.3 Å². The summed E-state index contributed by atoms with van der Waals surface area (Å²) in [6.07, 6.45) is 11.8. The Morgan fingerprint density at radius 2 is 1.21 bits per heavy atom. The van der Waals surface area contributed by atoms with Crippen molar-refractivity contribution >= 4 is 17.5 Å². The number of carbonyl (C=O) groups is 2. The van der Waals surface area contributed by atoms with E-state index in [1.165, 1.54) is 0 Å². The van der Waals surface area contributed by atoms with Gasteiger partial charge >= 0.3 is 11.9 Å². The lowest BCUT2D eigenvalue weighted by Crippen LogP contribution is -2.35. The second-order valence-corrected chi connectivity index (χ2v) is 8.16. The van der Waals surface area contributed by atoms with Gasteiger partial charge < -0.3 is 9.47 Å². The van der Waals surface area contributed by atoms with Crippen LogP contribution in [0.25, 0.3) is 5.57 Å². The van der Waals surface area contributed by atoms with E-state index < -0.39 is 11.9 Å². The molecule has 2 aromatic rings. The Labute approximate surface area is 198 Å². The van der Waals surface area contributed by atoms with Gasteiger partial charge in [0.2, 0.25) is 0 Å². The van der Waals surface area contributed by atoms with Crippen molar-refractivity contribution in [3.05, 3.63) is 72.1 Å². The maximum Gasteiger partial charge on any atom is 0.346 e. The molecular formula is C28H38NO4+. The number of allylic oxidation sites excluding steroid dienone is 1. The van der Waals surface area contributed by atoms with Crippen molar-refractivity contribution in [1.82, 2.24) is 0 Å². The first-order valence-electron chi connectivity index (χ1n) is 12.2. The molecule has 0 saturated carbocycles. The minimum atomic E-state index is -0.611. The number of rotatable bonds is 15. The van der Waals surface area contributed by atoms with E-state index >= 15 is 0 Å². The monoisotopic (exact) mass is 452 g/mol. The van der Waals surface area contributed by atoms with Crippen molar-refractivity contribution in [3.8, 4) is 0 Å². The SMILES string of the molecule is CCCCCCOC(=O)C(C(=O)OCCCCCC)=C(C[n+]1ccccc1)c1ccccc1. The van der Waals surface area contributed by atoms with Crippen LogP contribution < -0.4 is 4.57 Å². The van der Waals surface area contributed by atoms with Gasteiger partial charge in [-0.1, -0.05) is 88.8 Å². The van der Waals surface area contributed by atoms with Crippen molar-refractivity contribution in [2.75, 3.05) is 13.2 Å². The summed E-state index contributed by atoms with van der Waals surface area (Å²) in [7, 11) is 0. The highest BCUT2D eigenvalue weighted by molar-refractivity contribution is 6.19. The van der Waals surface area contributed by atoms with Crippen LogP contribution in [0.3, 0.4) is 0 Å². The molecule has 5 heteroatoms. The Kier molecular flexibility index (Phi) is 12.6. The first-order chi connectivity index (χ1) is 16.2. The number of hydrogen-bond acceptors (Lipinski definition) is 4. The summed E-state index contributed by atoms with van der Waals surface area (Å²) in [5.74, 6) is -1.22. The summed E-state index contributed by atoms with van der Waals surface area (Å²) in [5, 5.41) is 0. The Morgan fingerprint density at radius 3 is 1.73 bits per heavy atom. The molecule has 33 heavy (non-hydrogen) atoms. The first kappa shape index (κ1) is 26.3. The maximum atomic E-state index is 13.2. The van der Waals surface area contributed by atoms with Crippen molar-refractivity contribution in [3.63, 3.8) is 0 Å². The minimum absolute atomic E-state index is 0.0106. The molecule has 0 N–H and O–H groups in total. The number of ether oxygens (including phenoxy) is 2. The van der Waals surface area contributed by atoms with Gasteiger partial charge in [0, 0.05) is 17.7 Å². The van der Waals surface area contributed by atoms with Gasteiger partial charge in [-0.3, -0.25) is 0 Å². The summed E-state index contributed by atoms with van der Waals surface area (Å²) in [6, 6.07) is 15.3. The van der Waals surface area contributed by atoms with Gasteiger partial charge in [-0.2, -0.15) is 0 Å². The van der Waals surface area contributed by atoms with E-state index in [1.54, 1.807) is 0 Å². The van der Waals surface area contributed by atoms with E-state index in [9.17, 15) is 9.59 Å².